The fraction of sp³-hybridized carbons (Fsp3) is 0.261. The number of halogens is 2. The molecule has 1 saturated heterocycles. The number of anilines is 1. The Morgan fingerprint density at radius 3 is 2.41 bits per heavy atom. The maximum Gasteiger partial charge on any atom is 0.0656 e. The highest BCUT2D eigenvalue weighted by molar-refractivity contribution is 6.34. The second kappa shape index (κ2) is 8.62. The van der Waals surface area contributed by atoms with Crippen LogP contribution in [0, 0.1) is 13.8 Å². The molecule has 29 heavy (non-hydrogen) atoms. The molecule has 0 N–H and O–H groups in total. The Kier molecular flexibility index (Phi) is 5.95. The SMILES string of the molecule is Cc1cc(C=Nc2ccc(N3CCOCC3)cc2)c(C)n1-c1cc(Cl)ccc1Cl. The molecule has 1 aromatic heterocycles. The van der Waals surface area contributed by atoms with E-state index in [-0.39, 0.29) is 0 Å². The van der Waals surface area contributed by atoms with Crippen LogP contribution < -0.4 is 4.90 Å². The second-order valence-electron chi connectivity index (χ2n) is 7.13. The van der Waals surface area contributed by atoms with Crippen LogP contribution in [0.2, 0.25) is 10.0 Å². The molecule has 0 aliphatic carbocycles. The number of benzene rings is 2. The summed E-state index contributed by atoms with van der Waals surface area (Å²) in [7, 11) is 0. The molecule has 0 spiro atoms. The zero-order valence-corrected chi connectivity index (χ0v) is 18.0. The summed E-state index contributed by atoms with van der Waals surface area (Å²) in [5.41, 5.74) is 6.21. The molecule has 0 radical (unpaired) electrons. The zero-order chi connectivity index (χ0) is 20.4. The molecule has 150 valence electrons. The fourth-order valence-electron chi connectivity index (χ4n) is 3.66. The van der Waals surface area contributed by atoms with Crippen LogP contribution in [0.5, 0.6) is 0 Å². The van der Waals surface area contributed by atoms with Gasteiger partial charge in [-0.25, -0.2) is 0 Å². The van der Waals surface area contributed by atoms with Gasteiger partial charge in [-0.3, -0.25) is 4.99 Å². The largest absolute Gasteiger partial charge is 0.378 e. The van der Waals surface area contributed by atoms with Gasteiger partial charge in [-0.15, -0.1) is 0 Å². The van der Waals surface area contributed by atoms with Crippen molar-refractivity contribution in [1.29, 1.82) is 0 Å². The van der Waals surface area contributed by atoms with Crippen LogP contribution in [-0.2, 0) is 4.74 Å². The molecule has 2 heterocycles. The van der Waals surface area contributed by atoms with Crippen LogP contribution in [0.4, 0.5) is 11.4 Å². The smallest absolute Gasteiger partial charge is 0.0656 e. The number of aliphatic imine (C=N–C) groups is 1. The predicted molar refractivity (Wildman–Crippen MR) is 122 cm³/mol. The topological polar surface area (TPSA) is 29.8 Å². The number of ether oxygens (including phenoxy) is 1. The summed E-state index contributed by atoms with van der Waals surface area (Å²) in [4.78, 5) is 7.00. The van der Waals surface area contributed by atoms with Crippen molar-refractivity contribution in [2.45, 2.75) is 13.8 Å². The lowest BCUT2D eigenvalue weighted by Crippen LogP contribution is -2.36. The monoisotopic (exact) mass is 427 g/mol. The third-order valence-electron chi connectivity index (χ3n) is 5.20. The molecule has 0 bridgehead atoms. The first-order chi connectivity index (χ1) is 14.0. The Bertz CT molecular complexity index is 1040. The van der Waals surface area contributed by atoms with E-state index in [1.54, 1.807) is 6.07 Å². The van der Waals surface area contributed by atoms with E-state index in [1.807, 2.05) is 30.5 Å². The van der Waals surface area contributed by atoms with Gasteiger partial charge in [0.25, 0.3) is 0 Å². The summed E-state index contributed by atoms with van der Waals surface area (Å²) < 4.78 is 7.53. The van der Waals surface area contributed by atoms with Crippen molar-refractivity contribution in [1.82, 2.24) is 4.57 Å². The molecular formula is C23H23Cl2N3O. The van der Waals surface area contributed by atoms with E-state index in [4.69, 9.17) is 27.9 Å². The third-order valence-corrected chi connectivity index (χ3v) is 5.75. The Hall–Kier alpha value is -2.27. The number of hydrogen-bond acceptors (Lipinski definition) is 3. The molecule has 3 aromatic rings. The highest BCUT2D eigenvalue weighted by Crippen LogP contribution is 2.29. The second-order valence-corrected chi connectivity index (χ2v) is 7.98. The molecule has 6 heteroatoms. The normalized spacial score (nSPS) is 14.7. The predicted octanol–water partition coefficient (Wildman–Crippen LogP) is 5.99. The molecule has 0 amide bonds. The van der Waals surface area contributed by atoms with Gasteiger partial charge >= 0.3 is 0 Å². The van der Waals surface area contributed by atoms with Crippen LogP contribution in [0.25, 0.3) is 5.69 Å². The maximum absolute atomic E-state index is 6.41. The summed E-state index contributed by atoms with van der Waals surface area (Å²) in [6.07, 6.45) is 1.90. The minimum absolute atomic E-state index is 0.660. The van der Waals surface area contributed by atoms with Gasteiger partial charge in [-0.1, -0.05) is 23.2 Å². The van der Waals surface area contributed by atoms with E-state index in [2.05, 4.69) is 46.5 Å². The van der Waals surface area contributed by atoms with Gasteiger partial charge in [0.05, 0.1) is 29.6 Å². The van der Waals surface area contributed by atoms with Crippen molar-refractivity contribution in [3.05, 3.63) is 75.5 Å². The van der Waals surface area contributed by atoms with Crippen molar-refractivity contribution >= 4 is 40.8 Å². The van der Waals surface area contributed by atoms with Crippen LogP contribution in [0.3, 0.4) is 0 Å². The van der Waals surface area contributed by atoms with Crippen LogP contribution in [-0.4, -0.2) is 37.1 Å². The molecule has 1 fully saturated rings. The Labute approximate surface area is 181 Å². The molecule has 4 rings (SSSR count). The van der Waals surface area contributed by atoms with Gasteiger partial charge in [0.15, 0.2) is 0 Å². The molecule has 0 unspecified atom stereocenters. The first kappa shape index (κ1) is 20.0. The number of nitrogens with zero attached hydrogens (tertiary/aromatic N) is 3. The first-order valence-electron chi connectivity index (χ1n) is 9.64. The van der Waals surface area contributed by atoms with Crippen molar-refractivity contribution in [2.75, 3.05) is 31.2 Å². The molecule has 4 nitrogen and oxygen atoms in total. The Morgan fingerprint density at radius 2 is 1.69 bits per heavy atom. The van der Waals surface area contributed by atoms with E-state index in [1.165, 1.54) is 5.69 Å². The van der Waals surface area contributed by atoms with E-state index < -0.39 is 0 Å². The van der Waals surface area contributed by atoms with E-state index in [0.29, 0.717) is 10.0 Å². The standard InChI is InChI=1S/C23H23Cl2N3O/c1-16-13-18(17(2)28(16)23-14-19(24)3-8-22(23)25)15-26-20-4-6-21(7-5-20)27-9-11-29-12-10-27/h3-8,13-15H,9-12H2,1-2H3. The van der Waals surface area contributed by atoms with E-state index >= 15 is 0 Å². The molecular weight excluding hydrogens is 405 g/mol. The zero-order valence-electron chi connectivity index (χ0n) is 16.5. The van der Waals surface area contributed by atoms with Crippen molar-refractivity contribution < 1.29 is 4.74 Å². The van der Waals surface area contributed by atoms with Gasteiger partial charge in [-0.2, -0.15) is 0 Å². The molecule has 0 saturated carbocycles. The van der Waals surface area contributed by atoms with Gasteiger partial charge in [0, 0.05) is 47.0 Å². The van der Waals surface area contributed by atoms with Gasteiger partial charge in [0.2, 0.25) is 0 Å². The molecule has 1 aliphatic heterocycles. The summed E-state index contributed by atoms with van der Waals surface area (Å²) in [5.74, 6) is 0. The van der Waals surface area contributed by atoms with Crippen LogP contribution in [0.15, 0.2) is 53.5 Å². The lowest BCUT2D eigenvalue weighted by atomic mass is 10.2. The minimum atomic E-state index is 0.660. The lowest BCUT2D eigenvalue weighted by Gasteiger charge is -2.28. The van der Waals surface area contributed by atoms with Crippen LogP contribution in [0.1, 0.15) is 17.0 Å². The molecule has 2 aromatic carbocycles. The summed E-state index contributed by atoms with van der Waals surface area (Å²) in [5, 5.41) is 1.32. The number of rotatable bonds is 4. The van der Waals surface area contributed by atoms with Gasteiger partial charge in [-0.05, 0) is 62.4 Å². The quantitative estimate of drug-likeness (QED) is 0.478. The maximum atomic E-state index is 6.41. The number of morpholine rings is 1. The van der Waals surface area contributed by atoms with Crippen LogP contribution >= 0.6 is 23.2 Å². The highest BCUT2D eigenvalue weighted by atomic mass is 35.5. The fourth-order valence-corrected chi connectivity index (χ4v) is 4.03. The van der Waals surface area contributed by atoms with E-state index in [0.717, 1.165) is 54.6 Å². The van der Waals surface area contributed by atoms with Gasteiger partial charge < -0.3 is 14.2 Å². The lowest BCUT2D eigenvalue weighted by molar-refractivity contribution is 0.122. The average molecular weight is 428 g/mol. The van der Waals surface area contributed by atoms with Gasteiger partial charge in [0.1, 0.15) is 0 Å². The summed E-state index contributed by atoms with van der Waals surface area (Å²) >= 11 is 12.6. The Balaban J connectivity index is 1.57. The Morgan fingerprint density at radius 1 is 0.966 bits per heavy atom. The number of aryl methyl sites for hydroxylation is 1. The van der Waals surface area contributed by atoms with E-state index in [9.17, 15) is 0 Å². The number of hydrogen-bond donors (Lipinski definition) is 0. The van der Waals surface area contributed by atoms with Crippen molar-refractivity contribution in [3.8, 4) is 5.69 Å². The summed E-state index contributed by atoms with van der Waals surface area (Å²) in [6.45, 7) is 7.55. The highest BCUT2D eigenvalue weighted by Gasteiger charge is 2.13. The molecule has 1 aliphatic rings. The van der Waals surface area contributed by atoms with Crippen molar-refractivity contribution in [3.63, 3.8) is 0 Å². The third kappa shape index (κ3) is 4.35. The average Bonchev–Trinajstić information content (AvgIpc) is 3.02. The first-order valence-corrected chi connectivity index (χ1v) is 10.4. The number of aromatic nitrogens is 1. The minimum Gasteiger partial charge on any atom is -0.378 e. The van der Waals surface area contributed by atoms with Crippen molar-refractivity contribution in [2.24, 2.45) is 4.99 Å². The molecule has 0 atom stereocenters. The summed E-state index contributed by atoms with van der Waals surface area (Å²) in [6, 6.07) is 15.9.